The van der Waals surface area contributed by atoms with Gasteiger partial charge in [-0.25, -0.2) is 4.39 Å². The van der Waals surface area contributed by atoms with Crippen molar-refractivity contribution in [2.75, 3.05) is 13.1 Å². The number of ether oxygens (including phenoxy) is 1. The Morgan fingerprint density at radius 2 is 1.88 bits per heavy atom. The number of hydrogen-bond acceptors (Lipinski definition) is 7. The van der Waals surface area contributed by atoms with Crippen LogP contribution in [0.2, 0.25) is 18.1 Å². The maximum absolute atomic E-state index is 14.4. The van der Waals surface area contributed by atoms with Gasteiger partial charge in [-0.15, -0.1) is 11.3 Å². The van der Waals surface area contributed by atoms with E-state index in [9.17, 15) is 14.5 Å². The second-order valence-electron chi connectivity index (χ2n) is 11.8. The van der Waals surface area contributed by atoms with E-state index in [0.29, 0.717) is 11.9 Å². The zero-order valence-corrected chi connectivity index (χ0v) is 25.3. The number of fused-ring (bicyclic) bond motifs is 1. The molecule has 1 atom stereocenters. The van der Waals surface area contributed by atoms with Gasteiger partial charge in [0.25, 0.3) is 5.69 Å². The second kappa shape index (κ2) is 11.0. The Kier molecular flexibility index (Phi) is 7.80. The minimum atomic E-state index is -1.77. The minimum absolute atomic E-state index is 0.0729. The van der Waals surface area contributed by atoms with Crippen LogP contribution in [0.15, 0.2) is 60.8 Å². The summed E-state index contributed by atoms with van der Waals surface area (Å²) in [6.45, 7) is 14.4. The Hall–Kier alpha value is -3.18. The Morgan fingerprint density at radius 1 is 1.12 bits per heavy atom. The molecule has 1 aliphatic heterocycles. The first kappa shape index (κ1) is 28.3. The van der Waals surface area contributed by atoms with Gasteiger partial charge < -0.3 is 9.16 Å². The van der Waals surface area contributed by atoms with Crippen molar-refractivity contribution < 1.29 is 18.5 Å². The van der Waals surface area contributed by atoms with E-state index in [-0.39, 0.29) is 16.5 Å². The van der Waals surface area contributed by atoms with Crippen molar-refractivity contribution in [1.82, 2.24) is 9.88 Å². The van der Waals surface area contributed by atoms with E-state index in [1.807, 2.05) is 6.07 Å². The van der Waals surface area contributed by atoms with E-state index in [1.54, 1.807) is 12.3 Å². The summed E-state index contributed by atoms with van der Waals surface area (Å²) in [5.41, 5.74) is 2.75. The van der Waals surface area contributed by atoms with Crippen molar-refractivity contribution >= 4 is 35.6 Å². The molecule has 0 saturated carbocycles. The number of rotatable bonds is 8. The summed E-state index contributed by atoms with van der Waals surface area (Å²) in [6.07, 6.45) is 2.99. The minimum Gasteiger partial charge on any atom is -0.453 e. The van der Waals surface area contributed by atoms with Crippen LogP contribution in [-0.4, -0.2) is 42.3 Å². The number of nitro groups is 1. The molecule has 4 aromatic rings. The van der Waals surface area contributed by atoms with Crippen LogP contribution in [0.3, 0.4) is 0 Å². The molecule has 0 radical (unpaired) electrons. The number of pyridine rings is 1. The van der Waals surface area contributed by atoms with E-state index in [1.165, 1.54) is 29.0 Å². The number of aromatic nitrogens is 1. The van der Waals surface area contributed by atoms with Crippen LogP contribution < -0.4 is 4.74 Å². The third-order valence-electron chi connectivity index (χ3n) is 7.86. The molecule has 2 aromatic heterocycles. The lowest BCUT2D eigenvalue weighted by Gasteiger charge is -2.38. The van der Waals surface area contributed by atoms with Crippen molar-refractivity contribution in [1.29, 1.82) is 0 Å². The maximum atomic E-state index is 14.4. The lowest BCUT2D eigenvalue weighted by atomic mass is 10.1. The number of halogens is 1. The van der Waals surface area contributed by atoms with Crippen molar-refractivity contribution in [2.45, 2.75) is 58.0 Å². The summed E-state index contributed by atoms with van der Waals surface area (Å²) in [5.74, 6) is -0.409. The number of non-ortho nitro benzene ring substituents is 1. The SMILES string of the molecule is CC(C)(C)[Si](C)(C)OC1CCN(Cc2ccc(-c3cc4nccc(Oc5ccc([N+](=O)[O-])cc5F)c4s3)cc2)C1. The van der Waals surface area contributed by atoms with E-state index in [2.05, 4.69) is 68.0 Å². The van der Waals surface area contributed by atoms with Gasteiger partial charge in [0.1, 0.15) is 5.75 Å². The number of likely N-dealkylation sites (tertiary alicyclic amines) is 1. The first-order valence-corrected chi connectivity index (χ1v) is 17.1. The number of nitrogens with zero attached hydrogens (tertiary/aromatic N) is 3. The summed E-state index contributed by atoms with van der Waals surface area (Å²) >= 11 is 1.52. The highest BCUT2D eigenvalue weighted by Crippen LogP contribution is 2.40. The molecule has 0 aliphatic carbocycles. The summed E-state index contributed by atoms with van der Waals surface area (Å²) in [7, 11) is -1.77. The molecule has 0 amide bonds. The summed E-state index contributed by atoms with van der Waals surface area (Å²) in [5, 5.41) is 11.1. The van der Waals surface area contributed by atoms with E-state index < -0.39 is 19.1 Å². The number of benzene rings is 2. The fourth-order valence-corrected chi connectivity index (χ4v) is 7.06. The summed E-state index contributed by atoms with van der Waals surface area (Å²) in [6, 6.07) is 15.6. The van der Waals surface area contributed by atoms with Crippen LogP contribution in [0.5, 0.6) is 11.5 Å². The van der Waals surface area contributed by atoms with Gasteiger partial charge in [0.15, 0.2) is 19.9 Å². The third-order valence-corrected chi connectivity index (χ3v) is 13.6. The molecule has 1 aliphatic rings. The Labute approximate surface area is 238 Å². The van der Waals surface area contributed by atoms with Crippen LogP contribution in [0.25, 0.3) is 20.7 Å². The summed E-state index contributed by atoms with van der Waals surface area (Å²) in [4.78, 5) is 18.2. The predicted octanol–water partition coefficient (Wildman–Crippen LogP) is 8.40. The average Bonchev–Trinajstić information content (AvgIpc) is 3.52. The molecule has 3 heterocycles. The molecule has 0 bridgehead atoms. The second-order valence-corrected chi connectivity index (χ2v) is 17.6. The molecule has 2 aromatic carbocycles. The van der Waals surface area contributed by atoms with Gasteiger partial charge in [0.05, 0.1) is 27.3 Å². The molecule has 0 N–H and O–H groups in total. The standard InChI is InChI=1S/C30H34FN3O4SSi/c1-30(2,3)40(4,5)38-23-13-15-33(19-23)18-20-6-8-21(9-7-20)28-17-25-29(39-28)27(12-14-32-25)37-26-11-10-22(34(35)36)16-24(26)31/h6-12,14,16-17,23H,13,15,18-19H2,1-5H3. The zero-order valence-electron chi connectivity index (χ0n) is 23.4. The zero-order chi connectivity index (χ0) is 28.7. The Balaban J connectivity index is 1.26. The molecule has 10 heteroatoms. The molecule has 1 saturated heterocycles. The highest BCUT2D eigenvalue weighted by atomic mass is 32.1. The molecular formula is C30H34FN3O4SSi. The van der Waals surface area contributed by atoms with Gasteiger partial charge >= 0.3 is 0 Å². The van der Waals surface area contributed by atoms with Crippen LogP contribution in [0.4, 0.5) is 10.1 Å². The molecule has 0 spiro atoms. The van der Waals surface area contributed by atoms with Crippen LogP contribution >= 0.6 is 11.3 Å². The fraction of sp³-hybridized carbons (Fsp3) is 0.367. The van der Waals surface area contributed by atoms with Crippen molar-refractivity contribution in [2.24, 2.45) is 0 Å². The average molecular weight is 580 g/mol. The normalized spacial score (nSPS) is 16.5. The van der Waals surface area contributed by atoms with Gasteiger partial charge in [0.2, 0.25) is 0 Å². The highest BCUT2D eigenvalue weighted by molar-refractivity contribution is 7.22. The third kappa shape index (κ3) is 6.10. The van der Waals surface area contributed by atoms with Gasteiger partial charge in [-0.05, 0) is 47.8 Å². The number of hydrogen-bond donors (Lipinski definition) is 0. The topological polar surface area (TPSA) is 77.7 Å². The predicted molar refractivity (Wildman–Crippen MR) is 160 cm³/mol. The van der Waals surface area contributed by atoms with Crippen molar-refractivity contribution in [3.63, 3.8) is 0 Å². The Bertz CT molecular complexity index is 1530. The van der Waals surface area contributed by atoms with Crippen molar-refractivity contribution in [3.8, 4) is 21.9 Å². The number of nitro benzene ring substituents is 1. The molecule has 210 valence electrons. The van der Waals surface area contributed by atoms with E-state index in [4.69, 9.17) is 9.16 Å². The number of thiophene rings is 1. The van der Waals surface area contributed by atoms with Gasteiger partial charge in [-0.1, -0.05) is 45.0 Å². The summed E-state index contributed by atoms with van der Waals surface area (Å²) < 4.78 is 27.7. The first-order valence-electron chi connectivity index (χ1n) is 13.4. The van der Waals surface area contributed by atoms with Gasteiger partial charge in [-0.3, -0.25) is 20.0 Å². The van der Waals surface area contributed by atoms with Gasteiger partial charge in [0, 0.05) is 42.8 Å². The molecular weight excluding hydrogens is 545 g/mol. The fourth-order valence-electron chi connectivity index (χ4n) is 4.60. The van der Waals surface area contributed by atoms with Crippen LogP contribution in [0.1, 0.15) is 32.8 Å². The molecule has 1 fully saturated rings. The Morgan fingerprint density at radius 3 is 2.55 bits per heavy atom. The lowest BCUT2D eigenvalue weighted by molar-refractivity contribution is -0.385. The largest absolute Gasteiger partial charge is 0.453 e. The quantitative estimate of drug-likeness (QED) is 0.118. The lowest BCUT2D eigenvalue weighted by Crippen LogP contribution is -2.44. The molecule has 1 unspecified atom stereocenters. The molecule has 7 nitrogen and oxygen atoms in total. The van der Waals surface area contributed by atoms with Gasteiger partial charge in [-0.2, -0.15) is 0 Å². The molecule has 40 heavy (non-hydrogen) atoms. The maximum Gasteiger partial charge on any atom is 0.272 e. The highest BCUT2D eigenvalue weighted by Gasteiger charge is 2.40. The van der Waals surface area contributed by atoms with E-state index in [0.717, 1.165) is 52.8 Å². The van der Waals surface area contributed by atoms with Crippen molar-refractivity contribution in [3.05, 3.63) is 82.3 Å². The van der Waals surface area contributed by atoms with Crippen LogP contribution in [0, 0.1) is 15.9 Å². The van der Waals surface area contributed by atoms with E-state index >= 15 is 0 Å². The van der Waals surface area contributed by atoms with Crippen LogP contribution in [-0.2, 0) is 11.0 Å². The molecule has 5 rings (SSSR count). The first-order chi connectivity index (χ1) is 18.9. The smallest absolute Gasteiger partial charge is 0.272 e. The monoisotopic (exact) mass is 579 g/mol.